The number of phenolic OH excluding ortho intramolecular Hbond substituents is 1. The molecule has 0 fully saturated rings. The van der Waals surface area contributed by atoms with Crippen LogP contribution in [0.25, 0.3) is 0 Å². The quantitative estimate of drug-likeness (QED) is 0.630. The minimum absolute atomic E-state index is 0. The van der Waals surface area contributed by atoms with Gasteiger partial charge in [0, 0.05) is 6.54 Å². The van der Waals surface area contributed by atoms with E-state index in [1.54, 1.807) is 6.07 Å². The fourth-order valence-corrected chi connectivity index (χ4v) is 1.74. The average Bonchev–Trinajstić information content (AvgIpc) is 2.12. The van der Waals surface area contributed by atoms with Crippen molar-refractivity contribution in [1.82, 2.24) is 0 Å². The van der Waals surface area contributed by atoms with Gasteiger partial charge in [-0.15, -0.1) is 12.4 Å². The first-order valence-electron chi connectivity index (χ1n) is 4.34. The van der Waals surface area contributed by atoms with Gasteiger partial charge >= 0.3 is 0 Å². The minimum Gasteiger partial charge on any atom is -0.506 e. The van der Waals surface area contributed by atoms with Gasteiger partial charge in [-0.1, -0.05) is 6.07 Å². The molecule has 3 heteroatoms. The average molecular weight is 200 g/mol. The van der Waals surface area contributed by atoms with E-state index in [-0.39, 0.29) is 12.4 Å². The molecule has 0 atom stereocenters. The first-order valence-corrected chi connectivity index (χ1v) is 4.34. The van der Waals surface area contributed by atoms with E-state index < -0.39 is 0 Å². The third-order valence-electron chi connectivity index (χ3n) is 2.43. The molecule has 13 heavy (non-hydrogen) atoms. The van der Waals surface area contributed by atoms with Crippen LogP contribution in [0.1, 0.15) is 17.5 Å². The zero-order chi connectivity index (χ0) is 8.55. The molecule has 0 aromatic heterocycles. The van der Waals surface area contributed by atoms with Gasteiger partial charge < -0.3 is 10.4 Å². The summed E-state index contributed by atoms with van der Waals surface area (Å²) < 4.78 is 0. The molecule has 0 unspecified atom stereocenters. The highest BCUT2D eigenvalue weighted by Gasteiger charge is 2.13. The van der Waals surface area contributed by atoms with Crippen molar-refractivity contribution in [3.63, 3.8) is 0 Å². The molecule has 2 rings (SSSR count). The maximum atomic E-state index is 9.52. The number of aryl methyl sites for hydroxylation is 1. The molecule has 72 valence electrons. The van der Waals surface area contributed by atoms with Crippen molar-refractivity contribution in [2.45, 2.75) is 19.8 Å². The summed E-state index contributed by atoms with van der Waals surface area (Å²) in [7, 11) is 0. The molecule has 2 nitrogen and oxygen atoms in total. The molecule has 2 N–H and O–H groups in total. The molecular weight excluding hydrogens is 186 g/mol. The topological polar surface area (TPSA) is 32.3 Å². The number of hydrogen-bond acceptors (Lipinski definition) is 2. The van der Waals surface area contributed by atoms with Crippen LogP contribution < -0.4 is 5.32 Å². The van der Waals surface area contributed by atoms with E-state index in [9.17, 15) is 5.11 Å². The number of hydrogen-bond donors (Lipinski definition) is 2. The van der Waals surface area contributed by atoms with Crippen LogP contribution in [0.3, 0.4) is 0 Å². The van der Waals surface area contributed by atoms with Gasteiger partial charge in [-0.3, -0.25) is 0 Å². The van der Waals surface area contributed by atoms with E-state index in [1.807, 2.05) is 6.07 Å². The lowest BCUT2D eigenvalue weighted by molar-refractivity contribution is 0.475. The molecule has 0 spiro atoms. The Kier molecular flexibility index (Phi) is 3.04. The van der Waals surface area contributed by atoms with Crippen LogP contribution >= 0.6 is 12.4 Å². The fourth-order valence-electron chi connectivity index (χ4n) is 1.74. The van der Waals surface area contributed by atoms with E-state index in [0.717, 1.165) is 25.1 Å². The Morgan fingerprint density at radius 1 is 1.38 bits per heavy atom. The van der Waals surface area contributed by atoms with Crippen molar-refractivity contribution in [3.8, 4) is 5.75 Å². The van der Waals surface area contributed by atoms with Gasteiger partial charge in [0.25, 0.3) is 0 Å². The number of aromatic hydroxyl groups is 1. The van der Waals surface area contributed by atoms with E-state index in [1.165, 1.54) is 11.1 Å². The second kappa shape index (κ2) is 3.88. The van der Waals surface area contributed by atoms with Crippen molar-refractivity contribution >= 4 is 18.1 Å². The number of rotatable bonds is 0. The van der Waals surface area contributed by atoms with Crippen molar-refractivity contribution < 1.29 is 5.11 Å². The Morgan fingerprint density at radius 3 is 2.85 bits per heavy atom. The second-order valence-electron chi connectivity index (χ2n) is 3.29. The molecule has 1 aromatic rings. The number of benzene rings is 1. The highest BCUT2D eigenvalue weighted by Crippen LogP contribution is 2.33. The third kappa shape index (κ3) is 1.73. The van der Waals surface area contributed by atoms with Gasteiger partial charge in [0.2, 0.25) is 0 Å². The van der Waals surface area contributed by atoms with Crippen LogP contribution in [0.15, 0.2) is 12.1 Å². The Hall–Kier alpha value is -0.890. The summed E-state index contributed by atoms with van der Waals surface area (Å²) >= 11 is 0. The van der Waals surface area contributed by atoms with Crippen molar-refractivity contribution in [3.05, 3.63) is 23.3 Å². The highest BCUT2D eigenvalue weighted by atomic mass is 35.5. The summed E-state index contributed by atoms with van der Waals surface area (Å²) in [5.41, 5.74) is 3.50. The maximum absolute atomic E-state index is 9.52. The minimum atomic E-state index is 0. The summed E-state index contributed by atoms with van der Waals surface area (Å²) in [5.74, 6) is 0.385. The predicted octanol–water partition coefficient (Wildman–Crippen LogP) is 2.48. The van der Waals surface area contributed by atoms with Gasteiger partial charge in [0.15, 0.2) is 0 Å². The Labute approximate surface area is 84.4 Å². The largest absolute Gasteiger partial charge is 0.506 e. The Morgan fingerprint density at radius 2 is 2.15 bits per heavy atom. The smallest absolute Gasteiger partial charge is 0.138 e. The number of anilines is 1. The van der Waals surface area contributed by atoms with E-state index in [0.29, 0.717) is 5.75 Å². The second-order valence-corrected chi connectivity index (χ2v) is 3.29. The molecule has 0 saturated heterocycles. The molecule has 0 saturated carbocycles. The third-order valence-corrected chi connectivity index (χ3v) is 2.43. The SMILES string of the molecule is Cc1ccc(O)c2c1CCCN2.Cl. The van der Waals surface area contributed by atoms with Gasteiger partial charge in [-0.05, 0) is 37.0 Å². The normalized spacial score (nSPS) is 13.9. The molecule has 1 aromatic carbocycles. The first-order chi connectivity index (χ1) is 5.79. The number of halogens is 1. The summed E-state index contributed by atoms with van der Waals surface area (Å²) in [6.45, 7) is 3.06. The standard InChI is InChI=1S/C10H13NO.ClH/c1-7-4-5-9(12)10-8(7)3-2-6-11-10;/h4-5,11-12H,2-3,6H2,1H3;1H. The lowest BCUT2D eigenvalue weighted by Gasteiger charge is -2.20. The van der Waals surface area contributed by atoms with Crippen LogP contribution in [0, 0.1) is 6.92 Å². The van der Waals surface area contributed by atoms with E-state index >= 15 is 0 Å². The van der Waals surface area contributed by atoms with Crippen LogP contribution in [-0.2, 0) is 6.42 Å². The molecule has 0 bridgehead atoms. The van der Waals surface area contributed by atoms with Crippen molar-refractivity contribution in [2.24, 2.45) is 0 Å². The van der Waals surface area contributed by atoms with Crippen LogP contribution in [0.5, 0.6) is 5.75 Å². The number of fused-ring (bicyclic) bond motifs is 1. The van der Waals surface area contributed by atoms with Crippen molar-refractivity contribution in [2.75, 3.05) is 11.9 Å². The molecule has 0 amide bonds. The molecule has 1 aliphatic rings. The zero-order valence-electron chi connectivity index (χ0n) is 7.63. The summed E-state index contributed by atoms with van der Waals surface area (Å²) in [5, 5.41) is 12.7. The lowest BCUT2D eigenvalue weighted by Crippen LogP contribution is -2.12. The lowest BCUT2D eigenvalue weighted by atomic mass is 9.98. The van der Waals surface area contributed by atoms with Gasteiger partial charge in [0.05, 0.1) is 5.69 Å². The van der Waals surface area contributed by atoms with Crippen molar-refractivity contribution in [1.29, 1.82) is 0 Å². The molecule has 0 aliphatic carbocycles. The van der Waals surface area contributed by atoms with Gasteiger partial charge in [-0.2, -0.15) is 0 Å². The van der Waals surface area contributed by atoms with Gasteiger partial charge in [-0.25, -0.2) is 0 Å². The highest BCUT2D eigenvalue weighted by molar-refractivity contribution is 5.85. The Bertz CT molecular complexity index is 281. The zero-order valence-corrected chi connectivity index (χ0v) is 8.45. The summed E-state index contributed by atoms with van der Waals surface area (Å²) in [4.78, 5) is 0. The van der Waals surface area contributed by atoms with Crippen LogP contribution in [0.2, 0.25) is 0 Å². The predicted molar refractivity (Wildman–Crippen MR) is 56.9 cm³/mol. The molecule has 0 radical (unpaired) electrons. The van der Waals surface area contributed by atoms with E-state index in [2.05, 4.69) is 12.2 Å². The van der Waals surface area contributed by atoms with Gasteiger partial charge in [0.1, 0.15) is 5.75 Å². The molecular formula is C10H14ClNO. The maximum Gasteiger partial charge on any atom is 0.138 e. The monoisotopic (exact) mass is 199 g/mol. The number of nitrogens with one attached hydrogen (secondary N) is 1. The summed E-state index contributed by atoms with van der Waals surface area (Å²) in [6, 6.07) is 3.73. The summed E-state index contributed by atoms with van der Waals surface area (Å²) in [6.07, 6.45) is 2.25. The van der Waals surface area contributed by atoms with Crippen LogP contribution in [0.4, 0.5) is 5.69 Å². The van der Waals surface area contributed by atoms with E-state index in [4.69, 9.17) is 0 Å². The molecule has 1 heterocycles. The van der Waals surface area contributed by atoms with Crippen LogP contribution in [-0.4, -0.2) is 11.7 Å². The first kappa shape index (κ1) is 10.2. The Balaban J connectivity index is 0.000000845. The fraction of sp³-hybridized carbons (Fsp3) is 0.400. The molecule has 1 aliphatic heterocycles. The number of phenols is 1.